The van der Waals surface area contributed by atoms with Gasteiger partial charge in [0.25, 0.3) is 0 Å². The molecule has 3 heteroatoms. The summed E-state index contributed by atoms with van der Waals surface area (Å²) >= 11 is 6.10. The summed E-state index contributed by atoms with van der Waals surface area (Å²) < 4.78 is 0. The maximum Gasteiger partial charge on any atom is 0.0429 e. The smallest absolute Gasteiger partial charge is 0.0429 e. The number of nitrogens with two attached hydrogens (primary N) is 1. The summed E-state index contributed by atoms with van der Waals surface area (Å²) in [7, 11) is 2.18. The van der Waals surface area contributed by atoms with E-state index in [1.54, 1.807) is 0 Å². The van der Waals surface area contributed by atoms with E-state index in [4.69, 9.17) is 17.3 Å². The quantitative estimate of drug-likeness (QED) is 0.765. The van der Waals surface area contributed by atoms with E-state index in [2.05, 4.69) is 24.1 Å². The van der Waals surface area contributed by atoms with Crippen LogP contribution in [0.1, 0.15) is 37.3 Å². The van der Waals surface area contributed by atoms with Crippen molar-refractivity contribution in [1.29, 1.82) is 0 Å². The number of benzene rings is 1. The van der Waals surface area contributed by atoms with Crippen LogP contribution in [0.25, 0.3) is 0 Å². The van der Waals surface area contributed by atoms with Crippen molar-refractivity contribution in [3.05, 3.63) is 28.8 Å². The van der Waals surface area contributed by atoms with Crippen LogP contribution < -0.4 is 10.6 Å². The van der Waals surface area contributed by atoms with Gasteiger partial charge in [-0.2, -0.15) is 0 Å². The molecule has 0 bridgehead atoms. The average Bonchev–Trinajstić information content (AvgIpc) is 2.36. The van der Waals surface area contributed by atoms with Gasteiger partial charge in [0.05, 0.1) is 0 Å². The highest BCUT2D eigenvalue weighted by Crippen LogP contribution is 2.45. The van der Waals surface area contributed by atoms with Gasteiger partial charge in [-0.15, -0.1) is 0 Å². The van der Waals surface area contributed by atoms with Crippen molar-refractivity contribution < 1.29 is 0 Å². The maximum absolute atomic E-state index is 6.44. The van der Waals surface area contributed by atoms with Gasteiger partial charge in [-0.05, 0) is 36.5 Å². The fourth-order valence-corrected chi connectivity index (χ4v) is 3.72. The molecule has 17 heavy (non-hydrogen) atoms. The molecule has 0 radical (unpaired) electrons. The standard InChI is InChI=1S/C14H19ClN2/c1-17-12-5-3-2-4-10(12)14(16)11-7-6-9(15)8-13(11)17/h6-8,10,12,14H,2-5,16H2,1H3. The largest absolute Gasteiger partial charge is 0.371 e. The molecule has 0 aromatic heterocycles. The van der Waals surface area contributed by atoms with E-state index in [1.165, 1.54) is 36.9 Å². The molecule has 1 heterocycles. The topological polar surface area (TPSA) is 29.3 Å². The number of fused-ring (bicyclic) bond motifs is 2. The Kier molecular flexibility index (Phi) is 2.80. The minimum atomic E-state index is 0.184. The first kappa shape index (κ1) is 11.4. The van der Waals surface area contributed by atoms with E-state index in [9.17, 15) is 0 Å². The molecule has 1 fully saturated rings. The normalized spacial score (nSPS) is 31.9. The first-order valence-corrected chi connectivity index (χ1v) is 6.84. The third kappa shape index (κ3) is 1.74. The second-order valence-corrected chi connectivity index (χ2v) is 5.79. The van der Waals surface area contributed by atoms with Crippen molar-refractivity contribution >= 4 is 17.3 Å². The summed E-state index contributed by atoms with van der Waals surface area (Å²) in [5.41, 5.74) is 8.94. The molecular formula is C14H19ClN2. The molecule has 1 aliphatic carbocycles. The Labute approximate surface area is 108 Å². The molecule has 2 nitrogen and oxygen atoms in total. The van der Waals surface area contributed by atoms with Gasteiger partial charge in [0.1, 0.15) is 0 Å². The molecule has 3 rings (SSSR count). The minimum Gasteiger partial charge on any atom is -0.371 e. The number of hydrogen-bond acceptors (Lipinski definition) is 2. The lowest BCUT2D eigenvalue weighted by molar-refractivity contribution is 0.246. The lowest BCUT2D eigenvalue weighted by Gasteiger charge is -2.47. The van der Waals surface area contributed by atoms with E-state index in [0.29, 0.717) is 12.0 Å². The predicted molar refractivity (Wildman–Crippen MR) is 72.5 cm³/mol. The highest BCUT2D eigenvalue weighted by atomic mass is 35.5. The van der Waals surface area contributed by atoms with E-state index in [1.807, 2.05) is 6.07 Å². The third-order valence-electron chi connectivity index (χ3n) is 4.47. The van der Waals surface area contributed by atoms with Crippen LogP contribution in [0.15, 0.2) is 18.2 Å². The van der Waals surface area contributed by atoms with Crippen LogP contribution in [0.4, 0.5) is 5.69 Å². The molecule has 2 aliphatic rings. The van der Waals surface area contributed by atoms with Gasteiger partial charge < -0.3 is 10.6 Å². The van der Waals surface area contributed by atoms with Gasteiger partial charge >= 0.3 is 0 Å². The van der Waals surface area contributed by atoms with Crippen LogP contribution in [0.5, 0.6) is 0 Å². The van der Waals surface area contributed by atoms with Crippen LogP contribution in [0, 0.1) is 5.92 Å². The first-order valence-electron chi connectivity index (χ1n) is 6.46. The summed E-state index contributed by atoms with van der Waals surface area (Å²) in [6.07, 6.45) is 5.18. The molecular weight excluding hydrogens is 232 g/mol. The molecule has 92 valence electrons. The highest BCUT2D eigenvalue weighted by Gasteiger charge is 2.38. The summed E-state index contributed by atoms with van der Waals surface area (Å²) in [5.74, 6) is 0.613. The van der Waals surface area contributed by atoms with E-state index in [-0.39, 0.29) is 6.04 Å². The van der Waals surface area contributed by atoms with Gasteiger partial charge in [-0.1, -0.05) is 30.5 Å². The van der Waals surface area contributed by atoms with Gasteiger partial charge in [-0.3, -0.25) is 0 Å². The molecule has 0 amide bonds. The van der Waals surface area contributed by atoms with Crippen molar-refractivity contribution in [1.82, 2.24) is 0 Å². The Bertz CT molecular complexity index is 432. The van der Waals surface area contributed by atoms with E-state index in [0.717, 1.165) is 5.02 Å². The van der Waals surface area contributed by atoms with Crippen molar-refractivity contribution in [2.24, 2.45) is 11.7 Å². The number of halogens is 1. The highest BCUT2D eigenvalue weighted by molar-refractivity contribution is 6.30. The van der Waals surface area contributed by atoms with Gasteiger partial charge in [0.2, 0.25) is 0 Å². The van der Waals surface area contributed by atoms with Crippen LogP contribution in [-0.2, 0) is 0 Å². The Hall–Kier alpha value is -0.730. The van der Waals surface area contributed by atoms with Crippen molar-refractivity contribution in [3.63, 3.8) is 0 Å². The lowest BCUT2D eigenvalue weighted by Crippen LogP contribution is -2.48. The lowest BCUT2D eigenvalue weighted by atomic mass is 9.74. The fraction of sp³-hybridized carbons (Fsp3) is 0.571. The molecule has 0 saturated heterocycles. The van der Waals surface area contributed by atoms with Crippen LogP contribution in [0.2, 0.25) is 5.02 Å². The fourth-order valence-electron chi connectivity index (χ4n) is 3.55. The Balaban J connectivity index is 2.07. The van der Waals surface area contributed by atoms with Crippen molar-refractivity contribution in [2.45, 2.75) is 37.8 Å². The molecule has 0 spiro atoms. The predicted octanol–water partition coefficient (Wildman–Crippen LogP) is 3.35. The Morgan fingerprint density at radius 2 is 2.06 bits per heavy atom. The van der Waals surface area contributed by atoms with Crippen molar-refractivity contribution in [3.8, 4) is 0 Å². The van der Waals surface area contributed by atoms with Crippen LogP contribution in [-0.4, -0.2) is 13.1 Å². The van der Waals surface area contributed by atoms with E-state index < -0.39 is 0 Å². The maximum atomic E-state index is 6.44. The number of nitrogens with zero attached hydrogens (tertiary/aromatic N) is 1. The summed E-state index contributed by atoms with van der Waals surface area (Å²) in [6, 6.07) is 6.90. The van der Waals surface area contributed by atoms with Crippen LogP contribution in [0.3, 0.4) is 0 Å². The van der Waals surface area contributed by atoms with Gasteiger partial charge in [-0.25, -0.2) is 0 Å². The van der Waals surface area contributed by atoms with Gasteiger partial charge in [0, 0.05) is 29.8 Å². The molecule has 3 unspecified atom stereocenters. The SMILES string of the molecule is CN1c2cc(Cl)ccc2C(N)C2CCCCC21. The zero-order valence-corrected chi connectivity index (χ0v) is 11.0. The average molecular weight is 251 g/mol. The third-order valence-corrected chi connectivity index (χ3v) is 4.71. The molecule has 1 aromatic rings. The van der Waals surface area contributed by atoms with Gasteiger partial charge in [0.15, 0.2) is 0 Å². The molecule has 3 atom stereocenters. The first-order chi connectivity index (χ1) is 8.18. The van der Waals surface area contributed by atoms with Crippen LogP contribution >= 0.6 is 11.6 Å². The molecule has 1 aromatic carbocycles. The zero-order valence-electron chi connectivity index (χ0n) is 10.2. The molecule has 1 aliphatic heterocycles. The monoisotopic (exact) mass is 250 g/mol. The Morgan fingerprint density at radius 1 is 1.29 bits per heavy atom. The molecule has 2 N–H and O–H groups in total. The number of anilines is 1. The second kappa shape index (κ2) is 4.18. The minimum absolute atomic E-state index is 0.184. The molecule has 1 saturated carbocycles. The summed E-state index contributed by atoms with van der Waals surface area (Å²) in [5, 5.41) is 0.803. The number of rotatable bonds is 0. The Morgan fingerprint density at radius 3 is 2.88 bits per heavy atom. The second-order valence-electron chi connectivity index (χ2n) is 5.36. The number of hydrogen-bond donors (Lipinski definition) is 1. The summed E-state index contributed by atoms with van der Waals surface area (Å²) in [6.45, 7) is 0. The van der Waals surface area contributed by atoms with Crippen molar-refractivity contribution in [2.75, 3.05) is 11.9 Å². The van der Waals surface area contributed by atoms with E-state index >= 15 is 0 Å². The zero-order chi connectivity index (χ0) is 12.0. The summed E-state index contributed by atoms with van der Waals surface area (Å²) in [4.78, 5) is 2.40.